The molecule has 1 aromatic carbocycles. The fraction of sp³-hybridized carbons (Fsp3) is 0.647. The quantitative estimate of drug-likeness (QED) is 0.871. The van der Waals surface area contributed by atoms with Crippen LogP contribution < -0.4 is 14.8 Å². The monoisotopic (exact) mass is 353 g/mol. The van der Waals surface area contributed by atoms with Crippen LogP contribution >= 0.6 is 15.9 Å². The highest BCUT2D eigenvalue weighted by Crippen LogP contribution is 2.42. The van der Waals surface area contributed by atoms with Gasteiger partial charge in [0.2, 0.25) is 0 Å². The Morgan fingerprint density at radius 2 is 2.00 bits per heavy atom. The Morgan fingerprint density at radius 3 is 2.62 bits per heavy atom. The van der Waals surface area contributed by atoms with Gasteiger partial charge >= 0.3 is 0 Å². The van der Waals surface area contributed by atoms with Gasteiger partial charge in [-0.3, -0.25) is 0 Å². The van der Waals surface area contributed by atoms with Crippen molar-refractivity contribution in [2.24, 2.45) is 0 Å². The van der Waals surface area contributed by atoms with E-state index in [9.17, 15) is 0 Å². The molecule has 3 nitrogen and oxygen atoms in total. The fourth-order valence-corrected chi connectivity index (χ4v) is 4.00. The minimum Gasteiger partial charge on any atom is -0.493 e. The lowest BCUT2D eigenvalue weighted by atomic mass is 9.90. The molecule has 1 heterocycles. The van der Waals surface area contributed by atoms with Gasteiger partial charge in [-0.15, -0.1) is 0 Å². The molecule has 0 amide bonds. The van der Waals surface area contributed by atoms with Gasteiger partial charge in [-0.05, 0) is 85.6 Å². The van der Waals surface area contributed by atoms with Gasteiger partial charge in [0.1, 0.15) is 0 Å². The maximum Gasteiger partial charge on any atom is 0.175 e. The maximum absolute atomic E-state index is 6.19. The van der Waals surface area contributed by atoms with Crippen LogP contribution in [-0.2, 0) is 5.54 Å². The van der Waals surface area contributed by atoms with Crippen LogP contribution in [0.3, 0.4) is 0 Å². The van der Waals surface area contributed by atoms with Gasteiger partial charge in [0.25, 0.3) is 0 Å². The molecule has 4 heteroatoms. The molecule has 0 bridgehead atoms. The van der Waals surface area contributed by atoms with Gasteiger partial charge in [-0.2, -0.15) is 0 Å². The molecule has 3 rings (SSSR count). The molecule has 1 saturated heterocycles. The second kappa shape index (κ2) is 6.17. The molecule has 116 valence electrons. The zero-order chi connectivity index (χ0) is 14.9. The molecule has 0 aromatic heterocycles. The predicted molar refractivity (Wildman–Crippen MR) is 88.2 cm³/mol. The van der Waals surface area contributed by atoms with Crippen LogP contribution in [0.5, 0.6) is 11.5 Å². The van der Waals surface area contributed by atoms with Crippen LogP contribution in [0.25, 0.3) is 0 Å². The highest BCUT2D eigenvalue weighted by Gasteiger charge is 2.32. The van der Waals surface area contributed by atoms with Gasteiger partial charge < -0.3 is 14.8 Å². The van der Waals surface area contributed by atoms with Crippen molar-refractivity contribution >= 4 is 15.9 Å². The van der Waals surface area contributed by atoms with E-state index >= 15 is 0 Å². The van der Waals surface area contributed by atoms with Crippen molar-refractivity contribution in [1.82, 2.24) is 5.32 Å². The van der Waals surface area contributed by atoms with Crippen molar-refractivity contribution in [1.29, 1.82) is 0 Å². The van der Waals surface area contributed by atoms with Gasteiger partial charge in [0, 0.05) is 5.54 Å². The lowest BCUT2D eigenvalue weighted by Crippen LogP contribution is -2.33. The van der Waals surface area contributed by atoms with Gasteiger partial charge in [-0.25, -0.2) is 0 Å². The number of ether oxygens (including phenoxy) is 2. The van der Waals surface area contributed by atoms with E-state index in [0.29, 0.717) is 6.10 Å². The summed E-state index contributed by atoms with van der Waals surface area (Å²) in [4.78, 5) is 0. The predicted octanol–water partition coefficient (Wildman–Crippen LogP) is 4.38. The summed E-state index contributed by atoms with van der Waals surface area (Å²) < 4.78 is 12.8. The van der Waals surface area contributed by atoms with Crippen LogP contribution in [0, 0.1) is 0 Å². The van der Waals surface area contributed by atoms with Crippen molar-refractivity contribution in [2.75, 3.05) is 13.7 Å². The summed E-state index contributed by atoms with van der Waals surface area (Å²) in [5.74, 6) is 1.69. The summed E-state index contributed by atoms with van der Waals surface area (Å²) in [5, 5.41) is 3.60. The van der Waals surface area contributed by atoms with Gasteiger partial charge in [0.05, 0.1) is 17.7 Å². The number of benzene rings is 1. The molecular weight excluding hydrogens is 330 g/mol. The molecule has 1 aliphatic heterocycles. The number of methoxy groups -OCH3 is 1. The summed E-state index contributed by atoms with van der Waals surface area (Å²) in [6, 6.07) is 4.32. The van der Waals surface area contributed by atoms with Crippen LogP contribution in [0.4, 0.5) is 0 Å². The molecule has 1 N–H and O–H groups in total. The Bertz CT molecular complexity index is 506. The third-order valence-electron chi connectivity index (χ3n) is 4.82. The Hall–Kier alpha value is -0.740. The Labute approximate surface area is 135 Å². The smallest absolute Gasteiger partial charge is 0.175 e. The lowest BCUT2D eigenvalue weighted by Gasteiger charge is -2.27. The number of hydrogen-bond acceptors (Lipinski definition) is 3. The lowest BCUT2D eigenvalue weighted by molar-refractivity contribution is 0.199. The molecular formula is C17H24BrNO2. The molecule has 0 spiro atoms. The minimum absolute atomic E-state index is 0.0433. The normalized spacial score (nSPS) is 26.2. The van der Waals surface area contributed by atoms with E-state index in [1.807, 2.05) is 0 Å². The molecule has 1 aromatic rings. The molecule has 1 unspecified atom stereocenters. The SMILES string of the molecule is COc1cc(C2(C)CCCN2)cc(Br)c1OC1CCCC1. The first-order valence-electron chi connectivity index (χ1n) is 7.92. The molecule has 1 saturated carbocycles. The average Bonchev–Trinajstić information content (AvgIpc) is 3.13. The first-order valence-corrected chi connectivity index (χ1v) is 8.71. The average molecular weight is 354 g/mol. The summed E-state index contributed by atoms with van der Waals surface area (Å²) >= 11 is 3.68. The van der Waals surface area contributed by atoms with E-state index in [2.05, 4.69) is 40.3 Å². The standard InChI is InChI=1S/C17H24BrNO2/c1-17(8-5-9-19-17)12-10-14(18)16(15(11-12)20-2)21-13-6-3-4-7-13/h10-11,13,19H,3-9H2,1-2H3. The maximum atomic E-state index is 6.19. The van der Waals surface area contributed by atoms with E-state index in [-0.39, 0.29) is 5.54 Å². The number of hydrogen-bond donors (Lipinski definition) is 1. The van der Waals surface area contributed by atoms with E-state index in [1.54, 1.807) is 7.11 Å². The zero-order valence-corrected chi connectivity index (χ0v) is 14.5. The van der Waals surface area contributed by atoms with Crippen LogP contribution in [0.15, 0.2) is 16.6 Å². The number of halogens is 1. The van der Waals surface area contributed by atoms with Gasteiger partial charge in [0.15, 0.2) is 11.5 Å². The second-order valence-electron chi connectivity index (χ2n) is 6.38. The Kier molecular flexibility index (Phi) is 4.46. The number of rotatable bonds is 4. The van der Waals surface area contributed by atoms with E-state index in [1.165, 1.54) is 24.8 Å². The van der Waals surface area contributed by atoms with Crippen molar-refractivity contribution < 1.29 is 9.47 Å². The highest BCUT2D eigenvalue weighted by molar-refractivity contribution is 9.10. The minimum atomic E-state index is 0.0433. The van der Waals surface area contributed by atoms with Crippen LogP contribution in [0.1, 0.15) is 51.0 Å². The molecule has 1 atom stereocenters. The van der Waals surface area contributed by atoms with E-state index in [0.717, 1.165) is 41.8 Å². The van der Waals surface area contributed by atoms with Crippen molar-refractivity contribution in [3.63, 3.8) is 0 Å². The second-order valence-corrected chi connectivity index (χ2v) is 7.23. The topological polar surface area (TPSA) is 30.5 Å². The Morgan fingerprint density at radius 1 is 1.24 bits per heavy atom. The third-order valence-corrected chi connectivity index (χ3v) is 5.41. The molecule has 2 aliphatic rings. The molecule has 1 aliphatic carbocycles. The van der Waals surface area contributed by atoms with Crippen LogP contribution in [-0.4, -0.2) is 19.8 Å². The highest BCUT2D eigenvalue weighted by atomic mass is 79.9. The van der Waals surface area contributed by atoms with Crippen LogP contribution in [0.2, 0.25) is 0 Å². The first-order chi connectivity index (χ1) is 10.1. The van der Waals surface area contributed by atoms with E-state index < -0.39 is 0 Å². The Balaban J connectivity index is 1.90. The zero-order valence-electron chi connectivity index (χ0n) is 12.9. The third kappa shape index (κ3) is 3.07. The number of nitrogens with one attached hydrogen (secondary N) is 1. The molecule has 0 radical (unpaired) electrons. The summed E-state index contributed by atoms with van der Waals surface area (Å²) in [6.07, 6.45) is 7.55. The summed E-state index contributed by atoms with van der Waals surface area (Å²) in [5.41, 5.74) is 1.31. The molecule has 21 heavy (non-hydrogen) atoms. The van der Waals surface area contributed by atoms with E-state index in [4.69, 9.17) is 9.47 Å². The van der Waals surface area contributed by atoms with Crippen molar-refractivity contribution in [3.05, 3.63) is 22.2 Å². The van der Waals surface area contributed by atoms with Crippen molar-refractivity contribution in [2.45, 2.75) is 57.1 Å². The first kappa shape index (κ1) is 15.2. The molecule has 2 fully saturated rings. The van der Waals surface area contributed by atoms with Gasteiger partial charge in [-0.1, -0.05) is 0 Å². The summed E-state index contributed by atoms with van der Waals surface area (Å²) in [6.45, 7) is 3.34. The van der Waals surface area contributed by atoms with Crippen molar-refractivity contribution in [3.8, 4) is 11.5 Å². The largest absolute Gasteiger partial charge is 0.493 e. The fourth-order valence-electron chi connectivity index (χ4n) is 3.47. The summed E-state index contributed by atoms with van der Waals surface area (Å²) in [7, 11) is 1.72.